The van der Waals surface area contributed by atoms with Gasteiger partial charge in [0.2, 0.25) is 5.78 Å². The molecule has 0 radical (unpaired) electrons. The number of carbonyl (C=O) groups excluding carboxylic acids is 2. The molecule has 0 aromatic heterocycles. The SMILES string of the molecule is CCCOC(=S)[C@]1(c2ccccc2)C(C(F)(F)F)CCN1C(=O)C(=O)C(C)(C)CC. The lowest BCUT2D eigenvalue weighted by atomic mass is 9.77. The number of ketones is 1. The number of benzene rings is 1. The maximum absolute atomic E-state index is 14.2. The van der Waals surface area contributed by atoms with Crippen LogP contribution in [0.5, 0.6) is 0 Å². The zero-order valence-electron chi connectivity index (χ0n) is 17.7. The molecule has 0 bridgehead atoms. The summed E-state index contributed by atoms with van der Waals surface area (Å²) in [6, 6.07) is 7.85. The number of likely N-dealkylation sites (tertiary alicyclic amines) is 1. The van der Waals surface area contributed by atoms with Gasteiger partial charge < -0.3 is 9.64 Å². The minimum atomic E-state index is -4.65. The lowest BCUT2D eigenvalue weighted by Gasteiger charge is -2.43. The van der Waals surface area contributed by atoms with Crippen LogP contribution >= 0.6 is 12.2 Å². The van der Waals surface area contributed by atoms with Crippen LogP contribution in [0, 0.1) is 11.3 Å². The lowest BCUT2D eigenvalue weighted by Crippen LogP contribution is -2.59. The molecule has 1 amide bonds. The van der Waals surface area contributed by atoms with Gasteiger partial charge in [-0.1, -0.05) is 58.0 Å². The lowest BCUT2D eigenvalue weighted by molar-refractivity contribution is -0.191. The molecule has 1 heterocycles. The van der Waals surface area contributed by atoms with Crippen LogP contribution in [0.25, 0.3) is 0 Å². The molecule has 2 atom stereocenters. The molecule has 30 heavy (non-hydrogen) atoms. The fourth-order valence-corrected chi connectivity index (χ4v) is 4.24. The summed E-state index contributed by atoms with van der Waals surface area (Å²) in [6.45, 7) is 6.67. The molecule has 2 rings (SSSR count). The zero-order chi connectivity index (χ0) is 22.7. The van der Waals surface area contributed by atoms with Gasteiger partial charge in [-0.15, -0.1) is 0 Å². The molecule has 1 aliphatic rings. The van der Waals surface area contributed by atoms with Crippen molar-refractivity contribution in [2.75, 3.05) is 13.2 Å². The number of amides is 1. The van der Waals surface area contributed by atoms with Gasteiger partial charge in [0.15, 0.2) is 5.05 Å². The summed E-state index contributed by atoms with van der Waals surface area (Å²) in [7, 11) is 0. The number of carbonyl (C=O) groups is 2. The maximum atomic E-state index is 14.2. The number of ether oxygens (including phenoxy) is 1. The minimum Gasteiger partial charge on any atom is -0.484 e. The van der Waals surface area contributed by atoms with E-state index in [0.717, 1.165) is 4.90 Å². The third-order valence-electron chi connectivity index (χ3n) is 5.87. The zero-order valence-corrected chi connectivity index (χ0v) is 18.5. The van der Waals surface area contributed by atoms with E-state index in [1.807, 2.05) is 6.92 Å². The quantitative estimate of drug-likeness (QED) is 0.437. The van der Waals surface area contributed by atoms with Crippen molar-refractivity contribution in [3.8, 4) is 0 Å². The molecule has 0 spiro atoms. The molecule has 1 aromatic carbocycles. The predicted octanol–water partition coefficient (Wildman–Crippen LogP) is 5.05. The van der Waals surface area contributed by atoms with Crippen LogP contribution in [0.15, 0.2) is 30.3 Å². The van der Waals surface area contributed by atoms with Crippen LogP contribution < -0.4 is 0 Å². The van der Waals surface area contributed by atoms with Crippen molar-refractivity contribution in [2.45, 2.75) is 58.7 Å². The fourth-order valence-electron chi connectivity index (χ4n) is 3.79. The van der Waals surface area contributed by atoms with Gasteiger partial charge in [-0.2, -0.15) is 13.2 Å². The van der Waals surface area contributed by atoms with Gasteiger partial charge in [0.25, 0.3) is 5.91 Å². The molecule has 1 aromatic rings. The topological polar surface area (TPSA) is 46.6 Å². The van der Waals surface area contributed by atoms with Crippen molar-refractivity contribution < 1.29 is 27.5 Å². The molecular weight excluding hydrogens is 415 g/mol. The Hall–Kier alpha value is -1.96. The third-order valence-corrected chi connectivity index (χ3v) is 6.30. The number of hydrogen-bond acceptors (Lipinski definition) is 4. The van der Waals surface area contributed by atoms with Crippen LogP contribution in [0.2, 0.25) is 0 Å². The Labute approximate surface area is 180 Å². The Morgan fingerprint density at radius 2 is 1.80 bits per heavy atom. The van der Waals surface area contributed by atoms with Crippen LogP contribution in [0.3, 0.4) is 0 Å². The molecule has 1 fully saturated rings. The number of nitrogens with zero attached hydrogens (tertiary/aromatic N) is 1. The van der Waals surface area contributed by atoms with E-state index in [1.54, 1.807) is 39.0 Å². The smallest absolute Gasteiger partial charge is 0.394 e. The van der Waals surface area contributed by atoms with E-state index in [0.29, 0.717) is 12.8 Å². The first-order chi connectivity index (χ1) is 13.9. The van der Waals surface area contributed by atoms with Gasteiger partial charge in [0.1, 0.15) is 5.54 Å². The Morgan fingerprint density at radius 3 is 2.30 bits per heavy atom. The summed E-state index contributed by atoms with van der Waals surface area (Å²) in [5.41, 5.74) is -2.87. The van der Waals surface area contributed by atoms with E-state index < -0.39 is 34.7 Å². The number of Topliss-reactive ketones (excluding diaryl/α,β-unsaturated/α-hetero) is 1. The Morgan fingerprint density at radius 1 is 1.20 bits per heavy atom. The number of hydrogen-bond donors (Lipinski definition) is 0. The van der Waals surface area contributed by atoms with Gasteiger partial charge in [0.05, 0.1) is 12.5 Å². The van der Waals surface area contributed by atoms with Crippen LogP contribution in [-0.2, 0) is 19.9 Å². The molecule has 1 saturated heterocycles. The molecule has 0 N–H and O–H groups in total. The average Bonchev–Trinajstić information content (AvgIpc) is 3.13. The fraction of sp³-hybridized carbons (Fsp3) is 0.591. The third kappa shape index (κ3) is 4.24. The first-order valence-corrected chi connectivity index (χ1v) is 10.5. The van der Waals surface area contributed by atoms with E-state index in [4.69, 9.17) is 17.0 Å². The van der Waals surface area contributed by atoms with E-state index in [9.17, 15) is 22.8 Å². The molecule has 0 aliphatic carbocycles. The maximum Gasteiger partial charge on any atom is 0.394 e. The van der Waals surface area contributed by atoms with Gasteiger partial charge in [-0.25, -0.2) is 0 Å². The summed E-state index contributed by atoms with van der Waals surface area (Å²) >= 11 is 5.40. The second-order valence-corrected chi connectivity index (χ2v) is 8.55. The van der Waals surface area contributed by atoms with Crippen LogP contribution in [0.4, 0.5) is 13.2 Å². The highest BCUT2D eigenvalue weighted by Gasteiger charge is 2.65. The number of rotatable bonds is 7. The summed E-state index contributed by atoms with van der Waals surface area (Å²) in [5, 5.41) is -0.328. The molecular formula is C22H28F3NO3S. The van der Waals surface area contributed by atoms with Gasteiger partial charge in [-0.3, -0.25) is 9.59 Å². The monoisotopic (exact) mass is 443 g/mol. The summed E-state index contributed by atoms with van der Waals surface area (Å²) in [5.74, 6) is -3.66. The van der Waals surface area contributed by atoms with Gasteiger partial charge in [0, 0.05) is 12.0 Å². The minimum absolute atomic E-state index is 0.119. The summed E-state index contributed by atoms with van der Waals surface area (Å²) in [4.78, 5) is 27.2. The molecule has 1 aliphatic heterocycles. The van der Waals surface area contributed by atoms with Crippen molar-refractivity contribution in [3.05, 3.63) is 35.9 Å². The van der Waals surface area contributed by atoms with Crippen LogP contribution in [0.1, 0.15) is 52.5 Å². The van der Waals surface area contributed by atoms with Crippen molar-refractivity contribution in [2.24, 2.45) is 11.3 Å². The Kier molecular flexibility index (Phi) is 7.32. The normalized spacial score (nSPS) is 22.1. The van der Waals surface area contributed by atoms with Crippen LogP contribution in [-0.4, -0.2) is 41.0 Å². The van der Waals surface area contributed by atoms with Gasteiger partial charge >= 0.3 is 6.18 Å². The van der Waals surface area contributed by atoms with E-state index in [-0.39, 0.29) is 30.2 Å². The molecule has 166 valence electrons. The number of alkyl halides is 3. The number of thiocarbonyl (C=S) groups is 1. The highest BCUT2D eigenvalue weighted by atomic mass is 32.1. The van der Waals surface area contributed by atoms with E-state index in [1.165, 1.54) is 12.1 Å². The predicted molar refractivity (Wildman–Crippen MR) is 112 cm³/mol. The molecule has 1 unspecified atom stereocenters. The molecule has 0 saturated carbocycles. The van der Waals surface area contributed by atoms with E-state index >= 15 is 0 Å². The van der Waals surface area contributed by atoms with Gasteiger partial charge in [-0.05, 0) is 37.0 Å². The highest BCUT2D eigenvalue weighted by molar-refractivity contribution is 7.80. The highest BCUT2D eigenvalue weighted by Crippen LogP contribution is 2.52. The standard InChI is InChI=1S/C22H28F3NO3S/c1-5-14-29-19(30)21(15-10-8-7-9-11-15)16(22(23,24)25)12-13-26(21)18(28)17(27)20(3,4)6-2/h7-11,16H,5-6,12-14H2,1-4H3/t16?,21-/m0/s1. The second-order valence-electron chi connectivity index (χ2n) is 8.17. The van der Waals surface area contributed by atoms with Crippen molar-refractivity contribution in [3.63, 3.8) is 0 Å². The first-order valence-electron chi connectivity index (χ1n) is 10.1. The average molecular weight is 444 g/mol. The first kappa shape index (κ1) is 24.3. The largest absolute Gasteiger partial charge is 0.484 e. The summed E-state index contributed by atoms with van der Waals surface area (Å²) < 4.78 is 48.2. The van der Waals surface area contributed by atoms with Crippen molar-refractivity contribution >= 4 is 29.0 Å². The van der Waals surface area contributed by atoms with Crippen molar-refractivity contribution in [1.29, 1.82) is 0 Å². The Bertz CT molecular complexity index is 795. The Balaban J connectivity index is 2.72. The van der Waals surface area contributed by atoms with E-state index in [2.05, 4.69) is 0 Å². The number of halogens is 3. The summed E-state index contributed by atoms with van der Waals surface area (Å²) in [6.07, 6.45) is -4.09. The molecule has 4 nitrogen and oxygen atoms in total. The second kappa shape index (κ2) is 9.04. The van der Waals surface area contributed by atoms with Crippen molar-refractivity contribution in [1.82, 2.24) is 4.90 Å². The molecule has 8 heteroatoms.